The van der Waals surface area contributed by atoms with Crippen LogP contribution in [-0.4, -0.2) is 39.5 Å². The molecule has 24 heavy (non-hydrogen) atoms. The Morgan fingerprint density at radius 2 is 2.00 bits per heavy atom. The molecule has 2 aromatic rings. The summed E-state index contributed by atoms with van der Waals surface area (Å²) in [6.07, 6.45) is 0. The summed E-state index contributed by atoms with van der Waals surface area (Å²) in [5.74, 6) is 1.77. The molecule has 0 spiro atoms. The number of nitrogen functional groups attached to an aromatic ring is 2. The second-order valence-electron chi connectivity index (χ2n) is 5.50. The van der Waals surface area contributed by atoms with Crippen LogP contribution in [0.2, 0.25) is 0 Å². The third-order valence-electron chi connectivity index (χ3n) is 3.89. The smallest absolute Gasteiger partial charge is 0.222 e. The van der Waals surface area contributed by atoms with E-state index in [2.05, 4.69) is 14.9 Å². The number of nitrogens with zero attached hydrogens (tertiary/aromatic N) is 4. The summed E-state index contributed by atoms with van der Waals surface area (Å²) < 4.78 is 14.5. The van der Waals surface area contributed by atoms with Crippen LogP contribution in [0.25, 0.3) is 11.3 Å². The molecule has 3 rings (SSSR count). The summed E-state index contributed by atoms with van der Waals surface area (Å²) >= 11 is 1.92. The minimum Gasteiger partial charge on any atom is -0.382 e. The molecule has 1 aliphatic heterocycles. The highest BCUT2D eigenvalue weighted by Crippen LogP contribution is 2.27. The molecule has 0 aliphatic carbocycles. The van der Waals surface area contributed by atoms with E-state index in [9.17, 15) is 9.65 Å². The zero-order valence-electron chi connectivity index (χ0n) is 13.0. The van der Waals surface area contributed by atoms with Gasteiger partial charge in [-0.15, -0.1) is 0 Å². The molecule has 2 heterocycles. The Labute approximate surface area is 143 Å². The van der Waals surface area contributed by atoms with E-state index >= 15 is 0 Å². The van der Waals surface area contributed by atoms with Gasteiger partial charge in [0.2, 0.25) is 5.95 Å². The molecule has 6 nitrogen and oxygen atoms in total. The van der Waals surface area contributed by atoms with E-state index in [1.54, 1.807) is 12.1 Å². The van der Waals surface area contributed by atoms with Crippen LogP contribution in [0.1, 0.15) is 11.1 Å². The molecule has 1 aliphatic rings. The first-order valence-corrected chi connectivity index (χ1v) is 8.66. The quantitative estimate of drug-likeness (QED) is 0.875. The van der Waals surface area contributed by atoms with Gasteiger partial charge in [-0.2, -0.15) is 22.0 Å². The van der Waals surface area contributed by atoms with E-state index in [-0.39, 0.29) is 28.8 Å². The third-order valence-corrected chi connectivity index (χ3v) is 4.83. The Morgan fingerprint density at radius 1 is 1.25 bits per heavy atom. The molecule has 8 heteroatoms. The predicted octanol–water partition coefficient (Wildman–Crippen LogP) is 1.87. The van der Waals surface area contributed by atoms with Crippen LogP contribution in [0, 0.1) is 17.1 Å². The highest BCUT2D eigenvalue weighted by molar-refractivity contribution is 7.99. The van der Waals surface area contributed by atoms with Crippen LogP contribution in [0.5, 0.6) is 0 Å². The van der Waals surface area contributed by atoms with Gasteiger partial charge in [0.05, 0.1) is 5.69 Å². The Hall–Kier alpha value is -2.37. The first-order valence-electron chi connectivity index (χ1n) is 7.50. The predicted molar refractivity (Wildman–Crippen MR) is 93.6 cm³/mol. The Morgan fingerprint density at radius 3 is 2.67 bits per heavy atom. The number of nitriles is 1. The fourth-order valence-electron chi connectivity index (χ4n) is 2.64. The maximum atomic E-state index is 14.5. The number of halogens is 1. The lowest BCUT2D eigenvalue weighted by molar-refractivity contribution is 0.290. The fourth-order valence-corrected chi connectivity index (χ4v) is 3.62. The van der Waals surface area contributed by atoms with Crippen molar-refractivity contribution in [2.75, 3.05) is 36.1 Å². The minimum atomic E-state index is -0.328. The number of hydrogen-bond acceptors (Lipinski definition) is 7. The molecule has 0 radical (unpaired) electrons. The van der Waals surface area contributed by atoms with Crippen molar-refractivity contribution in [1.29, 1.82) is 5.26 Å². The summed E-state index contributed by atoms with van der Waals surface area (Å²) in [6.45, 7) is 2.50. The van der Waals surface area contributed by atoms with Crippen molar-refractivity contribution in [2.24, 2.45) is 0 Å². The number of rotatable bonds is 3. The SMILES string of the molecule is N#Cc1c(N)nc(N)nc1-c1ccc(CN2CCSCC2)c(F)c1. The normalized spacial score (nSPS) is 15.2. The van der Waals surface area contributed by atoms with Crippen molar-refractivity contribution in [1.82, 2.24) is 14.9 Å². The van der Waals surface area contributed by atoms with Gasteiger partial charge < -0.3 is 11.5 Å². The van der Waals surface area contributed by atoms with Crippen molar-refractivity contribution in [3.8, 4) is 17.3 Å². The highest BCUT2D eigenvalue weighted by Gasteiger charge is 2.17. The minimum absolute atomic E-state index is 0.00435. The van der Waals surface area contributed by atoms with Gasteiger partial charge in [0.15, 0.2) is 0 Å². The van der Waals surface area contributed by atoms with Gasteiger partial charge in [0.1, 0.15) is 23.3 Å². The van der Waals surface area contributed by atoms with Crippen LogP contribution < -0.4 is 11.5 Å². The van der Waals surface area contributed by atoms with Gasteiger partial charge in [-0.25, -0.2) is 9.37 Å². The van der Waals surface area contributed by atoms with Crippen molar-refractivity contribution < 1.29 is 4.39 Å². The second kappa shape index (κ2) is 7.03. The number of anilines is 2. The molecule has 1 fully saturated rings. The Balaban J connectivity index is 1.91. The summed E-state index contributed by atoms with van der Waals surface area (Å²) in [5, 5.41) is 9.24. The number of aromatic nitrogens is 2. The Bertz CT molecular complexity index is 798. The lowest BCUT2D eigenvalue weighted by Gasteiger charge is -2.26. The molecule has 0 atom stereocenters. The zero-order chi connectivity index (χ0) is 17.1. The van der Waals surface area contributed by atoms with E-state index in [1.165, 1.54) is 6.07 Å². The monoisotopic (exact) mass is 344 g/mol. The van der Waals surface area contributed by atoms with Crippen LogP contribution in [0.4, 0.5) is 16.2 Å². The molecular formula is C16H17FN6S. The van der Waals surface area contributed by atoms with E-state index in [0.29, 0.717) is 17.7 Å². The number of benzene rings is 1. The molecule has 0 bridgehead atoms. The first kappa shape index (κ1) is 16.5. The largest absolute Gasteiger partial charge is 0.382 e. The van der Waals surface area contributed by atoms with E-state index < -0.39 is 0 Å². The maximum Gasteiger partial charge on any atom is 0.222 e. The summed E-state index contributed by atoms with van der Waals surface area (Å²) in [6, 6.07) is 6.78. The van der Waals surface area contributed by atoms with Crippen LogP contribution >= 0.6 is 11.8 Å². The molecule has 4 N–H and O–H groups in total. The van der Waals surface area contributed by atoms with Gasteiger partial charge in [-0.05, 0) is 6.07 Å². The molecule has 1 aromatic carbocycles. The number of hydrogen-bond donors (Lipinski definition) is 2. The summed E-state index contributed by atoms with van der Waals surface area (Å²) in [4.78, 5) is 10.0. The van der Waals surface area contributed by atoms with E-state index in [4.69, 9.17) is 11.5 Å². The van der Waals surface area contributed by atoms with Gasteiger partial charge in [-0.1, -0.05) is 12.1 Å². The fraction of sp³-hybridized carbons (Fsp3) is 0.312. The van der Waals surface area contributed by atoms with Gasteiger partial charge in [-0.3, -0.25) is 4.90 Å². The van der Waals surface area contributed by atoms with E-state index in [1.807, 2.05) is 17.8 Å². The molecule has 1 aromatic heterocycles. The average Bonchev–Trinajstić information content (AvgIpc) is 2.57. The van der Waals surface area contributed by atoms with Crippen molar-refractivity contribution in [3.05, 3.63) is 35.1 Å². The molecule has 0 saturated carbocycles. The molecular weight excluding hydrogens is 327 g/mol. The summed E-state index contributed by atoms with van der Waals surface area (Å²) in [5.41, 5.74) is 12.7. The van der Waals surface area contributed by atoms with Crippen molar-refractivity contribution in [3.63, 3.8) is 0 Å². The second-order valence-corrected chi connectivity index (χ2v) is 6.72. The maximum absolute atomic E-state index is 14.5. The lowest BCUT2D eigenvalue weighted by Crippen LogP contribution is -2.32. The van der Waals surface area contributed by atoms with Gasteiger partial charge >= 0.3 is 0 Å². The van der Waals surface area contributed by atoms with Crippen LogP contribution in [0.3, 0.4) is 0 Å². The number of nitrogens with two attached hydrogens (primary N) is 2. The van der Waals surface area contributed by atoms with Gasteiger partial charge in [0.25, 0.3) is 0 Å². The average molecular weight is 344 g/mol. The first-order chi connectivity index (χ1) is 11.6. The van der Waals surface area contributed by atoms with Gasteiger partial charge in [0, 0.05) is 42.3 Å². The molecule has 124 valence electrons. The van der Waals surface area contributed by atoms with Crippen LogP contribution in [-0.2, 0) is 6.54 Å². The zero-order valence-corrected chi connectivity index (χ0v) is 13.8. The number of thioether (sulfide) groups is 1. The molecule has 0 amide bonds. The third kappa shape index (κ3) is 3.42. The standard InChI is InChI=1S/C16H17FN6S/c17-13-7-10(14-12(8-18)15(19)22-16(20)21-14)1-2-11(13)9-23-3-5-24-6-4-23/h1-2,7H,3-6,9H2,(H4,19,20,21,22). The van der Waals surface area contributed by atoms with Crippen LogP contribution in [0.15, 0.2) is 18.2 Å². The van der Waals surface area contributed by atoms with E-state index in [0.717, 1.165) is 24.6 Å². The Kier molecular flexibility index (Phi) is 4.83. The van der Waals surface area contributed by atoms with Crippen molar-refractivity contribution >= 4 is 23.5 Å². The van der Waals surface area contributed by atoms with Crippen molar-refractivity contribution in [2.45, 2.75) is 6.54 Å². The molecule has 0 unspecified atom stereocenters. The summed E-state index contributed by atoms with van der Waals surface area (Å²) in [7, 11) is 0. The topological polar surface area (TPSA) is 105 Å². The molecule has 1 saturated heterocycles. The highest BCUT2D eigenvalue weighted by atomic mass is 32.2. The lowest BCUT2D eigenvalue weighted by atomic mass is 10.0.